The molecule has 5 heteroatoms. The van der Waals surface area contributed by atoms with Crippen LogP contribution in [0.15, 0.2) is 36.4 Å². The molecular formula is C16H12F2O3. The van der Waals surface area contributed by atoms with E-state index < -0.39 is 17.6 Å². The number of hydrogen-bond acceptors (Lipinski definition) is 3. The highest BCUT2D eigenvalue weighted by Gasteiger charge is 2.16. The van der Waals surface area contributed by atoms with Crippen LogP contribution >= 0.6 is 0 Å². The van der Waals surface area contributed by atoms with Crippen molar-refractivity contribution in [1.29, 1.82) is 0 Å². The first-order valence-corrected chi connectivity index (χ1v) is 6.12. The highest BCUT2D eigenvalue weighted by atomic mass is 19.1. The number of halogens is 2. The second kappa shape index (κ2) is 5.83. The van der Waals surface area contributed by atoms with Gasteiger partial charge in [0.2, 0.25) is 0 Å². The zero-order valence-electron chi connectivity index (χ0n) is 11.4. The Balaban J connectivity index is 2.63. The van der Waals surface area contributed by atoms with Crippen molar-refractivity contribution in [2.75, 3.05) is 7.11 Å². The molecule has 0 spiro atoms. The second-order valence-electron chi connectivity index (χ2n) is 4.43. The maximum atomic E-state index is 13.9. The molecule has 0 aliphatic heterocycles. The van der Waals surface area contributed by atoms with Crippen LogP contribution in [0.1, 0.15) is 27.6 Å². The normalized spacial score (nSPS) is 10.3. The molecule has 0 aromatic heterocycles. The fourth-order valence-electron chi connectivity index (χ4n) is 2.02. The van der Waals surface area contributed by atoms with Crippen LogP contribution in [0.4, 0.5) is 8.78 Å². The van der Waals surface area contributed by atoms with Gasteiger partial charge in [-0.2, -0.15) is 0 Å². The summed E-state index contributed by atoms with van der Waals surface area (Å²) in [5.41, 5.74) is 0.753. The van der Waals surface area contributed by atoms with E-state index in [0.717, 1.165) is 12.1 Å². The van der Waals surface area contributed by atoms with E-state index in [0.29, 0.717) is 5.56 Å². The van der Waals surface area contributed by atoms with Gasteiger partial charge in [0.25, 0.3) is 0 Å². The summed E-state index contributed by atoms with van der Waals surface area (Å²) in [6.45, 7) is 1.31. The fourth-order valence-corrected chi connectivity index (χ4v) is 2.02. The van der Waals surface area contributed by atoms with Crippen molar-refractivity contribution in [2.24, 2.45) is 0 Å². The quantitative estimate of drug-likeness (QED) is 0.640. The first-order chi connectivity index (χ1) is 9.93. The van der Waals surface area contributed by atoms with Gasteiger partial charge < -0.3 is 4.74 Å². The van der Waals surface area contributed by atoms with Crippen LogP contribution in [0, 0.1) is 11.6 Å². The molecule has 0 unspecified atom stereocenters. The molecule has 0 saturated carbocycles. The molecule has 2 aromatic rings. The maximum Gasteiger partial charge on any atom is 0.337 e. The third-order valence-electron chi connectivity index (χ3n) is 3.04. The summed E-state index contributed by atoms with van der Waals surface area (Å²) in [5, 5.41) is 0. The number of benzene rings is 2. The Hall–Kier alpha value is -2.56. The van der Waals surface area contributed by atoms with E-state index in [9.17, 15) is 18.4 Å². The molecule has 2 rings (SSSR count). The van der Waals surface area contributed by atoms with E-state index in [1.54, 1.807) is 0 Å². The summed E-state index contributed by atoms with van der Waals surface area (Å²) in [6, 6.07) is 7.32. The first-order valence-electron chi connectivity index (χ1n) is 6.12. The Kier molecular flexibility index (Phi) is 4.12. The monoisotopic (exact) mass is 290 g/mol. The van der Waals surface area contributed by atoms with Gasteiger partial charge in [0.1, 0.15) is 11.6 Å². The van der Waals surface area contributed by atoms with Crippen molar-refractivity contribution < 1.29 is 23.1 Å². The van der Waals surface area contributed by atoms with Crippen molar-refractivity contribution >= 4 is 11.8 Å². The fraction of sp³-hybridized carbons (Fsp3) is 0.125. The van der Waals surface area contributed by atoms with Crippen LogP contribution in [-0.4, -0.2) is 18.9 Å². The Bertz CT molecular complexity index is 723. The average Bonchev–Trinajstić information content (AvgIpc) is 2.46. The van der Waals surface area contributed by atoms with Gasteiger partial charge in [-0.05, 0) is 36.8 Å². The molecule has 0 aliphatic rings. The summed E-state index contributed by atoms with van der Waals surface area (Å²) in [7, 11) is 1.23. The first kappa shape index (κ1) is 14.8. The van der Waals surface area contributed by atoms with Crippen molar-refractivity contribution in [3.8, 4) is 11.1 Å². The van der Waals surface area contributed by atoms with Crippen LogP contribution in [0.25, 0.3) is 11.1 Å². The largest absolute Gasteiger partial charge is 0.465 e. The van der Waals surface area contributed by atoms with Gasteiger partial charge in [-0.25, -0.2) is 13.6 Å². The molecule has 0 fully saturated rings. The summed E-state index contributed by atoms with van der Waals surface area (Å²) >= 11 is 0. The van der Waals surface area contributed by atoms with Crippen molar-refractivity contribution in [3.05, 3.63) is 59.2 Å². The standard InChI is InChI=1S/C16H12F2O3/c1-9(19)14-7-10(16(20)21-2)3-5-12(14)13-6-4-11(17)8-15(13)18/h3-8H,1-2H3. The lowest BCUT2D eigenvalue weighted by molar-refractivity contribution is 0.0600. The number of carbonyl (C=O) groups excluding carboxylic acids is 2. The number of carbonyl (C=O) groups is 2. The molecule has 0 atom stereocenters. The predicted octanol–water partition coefficient (Wildman–Crippen LogP) is 3.62. The van der Waals surface area contributed by atoms with E-state index in [1.165, 1.54) is 38.3 Å². The van der Waals surface area contributed by atoms with Crippen LogP contribution < -0.4 is 0 Å². The lowest BCUT2D eigenvalue weighted by Crippen LogP contribution is -2.05. The maximum absolute atomic E-state index is 13.9. The predicted molar refractivity (Wildman–Crippen MR) is 73.1 cm³/mol. The Morgan fingerprint density at radius 1 is 1.00 bits per heavy atom. The highest BCUT2D eigenvalue weighted by Crippen LogP contribution is 2.28. The van der Waals surface area contributed by atoms with Crippen molar-refractivity contribution in [3.63, 3.8) is 0 Å². The minimum Gasteiger partial charge on any atom is -0.465 e. The van der Waals surface area contributed by atoms with Crippen molar-refractivity contribution in [1.82, 2.24) is 0 Å². The number of methoxy groups -OCH3 is 1. The SMILES string of the molecule is COC(=O)c1ccc(-c2ccc(F)cc2F)c(C(C)=O)c1. The van der Waals surface area contributed by atoms with Crippen LogP contribution in [0.2, 0.25) is 0 Å². The van der Waals surface area contributed by atoms with Crippen molar-refractivity contribution in [2.45, 2.75) is 6.92 Å². The van der Waals surface area contributed by atoms with E-state index >= 15 is 0 Å². The van der Waals surface area contributed by atoms with E-state index in [2.05, 4.69) is 4.74 Å². The number of rotatable bonds is 3. The summed E-state index contributed by atoms with van der Waals surface area (Å²) < 4.78 is 31.4. The zero-order valence-corrected chi connectivity index (χ0v) is 11.4. The molecule has 0 amide bonds. The molecule has 0 radical (unpaired) electrons. The van der Waals surface area contributed by atoms with Crippen LogP contribution in [0.3, 0.4) is 0 Å². The molecule has 0 bridgehead atoms. The lowest BCUT2D eigenvalue weighted by atomic mass is 9.95. The van der Waals surface area contributed by atoms with Gasteiger partial charge in [-0.3, -0.25) is 4.79 Å². The third kappa shape index (κ3) is 2.97. The summed E-state index contributed by atoms with van der Waals surface area (Å²) in [4.78, 5) is 23.2. The smallest absolute Gasteiger partial charge is 0.337 e. The molecule has 108 valence electrons. The van der Waals surface area contributed by atoms with Gasteiger partial charge in [0, 0.05) is 17.2 Å². The summed E-state index contributed by atoms with van der Waals surface area (Å²) in [5.74, 6) is -2.40. The molecule has 2 aromatic carbocycles. The minimum absolute atomic E-state index is 0.0954. The highest BCUT2D eigenvalue weighted by molar-refractivity contribution is 6.03. The zero-order chi connectivity index (χ0) is 15.6. The molecule has 0 N–H and O–H groups in total. The molecule has 0 saturated heterocycles. The Morgan fingerprint density at radius 3 is 2.24 bits per heavy atom. The molecule has 21 heavy (non-hydrogen) atoms. The molecule has 3 nitrogen and oxygen atoms in total. The van der Waals surface area contributed by atoms with Gasteiger partial charge in [-0.1, -0.05) is 6.07 Å². The number of Topliss-reactive ketones (excluding diaryl/α,β-unsaturated/α-hetero) is 1. The van der Waals surface area contributed by atoms with Crippen LogP contribution in [-0.2, 0) is 4.74 Å². The molecule has 0 heterocycles. The number of ketones is 1. The van der Waals surface area contributed by atoms with Gasteiger partial charge in [-0.15, -0.1) is 0 Å². The average molecular weight is 290 g/mol. The lowest BCUT2D eigenvalue weighted by Gasteiger charge is -2.10. The van der Waals surface area contributed by atoms with E-state index in [-0.39, 0.29) is 22.5 Å². The van der Waals surface area contributed by atoms with E-state index in [1.807, 2.05) is 0 Å². The minimum atomic E-state index is -0.775. The summed E-state index contributed by atoms with van der Waals surface area (Å²) in [6.07, 6.45) is 0. The third-order valence-corrected chi connectivity index (χ3v) is 3.04. The van der Waals surface area contributed by atoms with E-state index in [4.69, 9.17) is 0 Å². The van der Waals surface area contributed by atoms with Gasteiger partial charge >= 0.3 is 5.97 Å². The topological polar surface area (TPSA) is 43.4 Å². The second-order valence-corrected chi connectivity index (χ2v) is 4.43. The molecule has 0 aliphatic carbocycles. The number of hydrogen-bond donors (Lipinski definition) is 0. The number of ether oxygens (including phenoxy) is 1. The van der Waals surface area contributed by atoms with Gasteiger partial charge in [0.05, 0.1) is 12.7 Å². The Labute approximate surface area is 120 Å². The van der Waals surface area contributed by atoms with Gasteiger partial charge in [0.15, 0.2) is 5.78 Å². The van der Waals surface area contributed by atoms with Crippen LogP contribution in [0.5, 0.6) is 0 Å². The number of esters is 1. The Morgan fingerprint density at radius 2 is 1.67 bits per heavy atom. The molecular weight excluding hydrogens is 278 g/mol.